The minimum Gasteiger partial charge on any atom is -0.344 e. The van der Waals surface area contributed by atoms with E-state index >= 15 is 0 Å². The summed E-state index contributed by atoms with van der Waals surface area (Å²) in [5.74, 6) is -1.40. The number of allylic oxidation sites excluding steroid dienone is 1. The number of hydroxylamine groups is 1. The fraction of sp³-hybridized carbons (Fsp3) is 0.320. The van der Waals surface area contributed by atoms with Crippen molar-refractivity contribution in [1.29, 1.82) is 0 Å². The Morgan fingerprint density at radius 3 is 2.61 bits per heavy atom. The van der Waals surface area contributed by atoms with Crippen LogP contribution in [0.1, 0.15) is 49.0 Å². The number of amides is 1. The Bertz CT molecular complexity index is 1180. The van der Waals surface area contributed by atoms with Crippen LogP contribution in [0.3, 0.4) is 0 Å². The van der Waals surface area contributed by atoms with Crippen LogP contribution in [-0.4, -0.2) is 33.9 Å². The second kappa shape index (κ2) is 11.4. The first-order valence-electron chi connectivity index (χ1n) is 11.4. The van der Waals surface area contributed by atoms with Crippen LogP contribution < -0.4 is 15.9 Å². The average molecular weight is 507 g/mol. The number of alkyl halides is 3. The molecule has 1 heterocycles. The van der Waals surface area contributed by atoms with Gasteiger partial charge in [-0.1, -0.05) is 30.8 Å². The third kappa shape index (κ3) is 6.98. The van der Waals surface area contributed by atoms with Gasteiger partial charge in [-0.05, 0) is 43.2 Å². The molecule has 2 aromatic rings. The summed E-state index contributed by atoms with van der Waals surface area (Å²) in [6.07, 6.45) is 2.90. The van der Waals surface area contributed by atoms with Crippen LogP contribution in [0.5, 0.6) is 0 Å². The predicted octanol–water partition coefficient (Wildman–Crippen LogP) is 3.84. The third-order valence-electron chi connectivity index (χ3n) is 5.52. The van der Waals surface area contributed by atoms with E-state index in [0.717, 1.165) is 25.0 Å². The van der Waals surface area contributed by atoms with Gasteiger partial charge in [-0.3, -0.25) is 9.78 Å². The van der Waals surface area contributed by atoms with E-state index in [0.29, 0.717) is 18.3 Å². The van der Waals surface area contributed by atoms with Crippen molar-refractivity contribution in [1.82, 2.24) is 15.7 Å². The minimum atomic E-state index is -4.59. The van der Waals surface area contributed by atoms with Gasteiger partial charge in [-0.2, -0.15) is 23.8 Å². The Balaban J connectivity index is 1.77. The van der Waals surface area contributed by atoms with E-state index in [4.69, 9.17) is 0 Å². The standard InChI is InChI=1S/C25H27F4N5O2/c1-4-6-23(31-15(3)33-34(36)19-8-9-19)22(5-2)32-24(35)20-10-7-16(12-21(20)26)17-11-18(14-30-13-17)25(27,28)29/h4,6-7,10-14,19,22,33,36H,3,5,8-9H2,1-2H3,(H,32,35)/p+1/b6-4-,31-23+. The molecule has 4 N–H and O–H groups in total. The number of pyridine rings is 1. The number of hydrogen-bond donors (Lipinski definition) is 4. The zero-order chi connectivity index (χ0) is 26.5. The zero-order valence-corrected chi connectivity index (χ0v) is 19.9. The highest BCUT2D eigenvalue weighted by molar-refractivity contribution is 6.04. The van der Waals surface area contributed by atoms with Gasteiger partial charge in [0.15, 0.2) is 5.82 Å². The molecule has 0 radical (unpaired) electrons. The Labute approximate surface area is 206 Å². The first-order valence-corrected chi connectivity index (χ1v) is 11.4. The number of hydrogen-bond acceptors (Lipinski definition) is 5. The molecule has 0 bridgehead atoms. The van der Waals surface area contributed by atoms with Crippen molar-refractivity contribution in [2.24, 2.45) is 4.99 Å². The topological polar surface area (TPSA) is 91.0 Å². The molecule has 7 nitrogen and oxygen atoms in total. The fourth-order valence-electron chi connectivity index (χ4n) is 3.45. The fourth-order valence-corrected chi connectivity index (χ4v) is 3.45. The number of carbonyl (C=O) groups excluding carboxylic acids is 1. The van der Waals surface area contributed by atoms with Gasteiger partial charge < -0.3 is 5.32 Å². The van der Waals surface area contributed by atoms with Gasteiger partial charge in [0.05, 0.1) is 22.9 Å². The second-order valence-corrected chi connectivity index (χ2v) is 8.36. The Hall–Kier alpha value is -3.57. The lowest BCUT2D eigenvalue weighted by Gasteiger charge is -2.19. The predicted molar refractivity (Wildman–Crippen MR) is 126 cm³/mol. The molecule has 2 atom stereocenters. The number of nitrogens with one attached hydrogen (secondary N) is 3. The largest absolute Gasteiger partial charge is 0.417 e. The van der Waals surface area contributed by atoms with E-state index < -0.39 is 29.5 Å². The zero-order valence-electron chi connectivity index (χ0n) is 19.9. The van der Waals surface area contributed by atoms with Crippen molar-refractivity contribution >= 4 is 11.6 Å². The maximum absolute atomic E-state index is 14.9. The molecule has 0 saturated heterocycles. The highest BCUT2D eigenvalue weighted by Crippen LogP contribution is 2.31. The highest BCUT2D eigenvalue weighted by Gasteiger charge is 2.34. The van der Waals surface area contributed by atoms with Crippen LogP contribution in [0.2, 0.25) is 0 Å². The number of aliphatic imine (C=N–C) groups is 1. The van der Waals surface area contributed by atoms with Gasteiger partial charge in [-0.25, -0.2) is 9.38 Å². The molecule has 11 heteroatoms. The molecular formula is C25H28F4N5O2+. The summed E-state index contributed by atoms with van der Waals surface area (Å²) in [4.78, 5) is 20.8. The van der Waals surface area contributed by atoms with E-state index in [-0.39, 0.29) is 33.7 Å². The number of nitrogens with zero attached hydrogens (tertiary/aromatic N) is 2. The maximum Gasteiger partial charge on any atom is 0.417 e. The number of carbonyl (C=O) groups is 1. The third-order valence-corrected chi connectivity index (χ3v) is 5.52. The van der Waals surface area contributed by atoms with E-state index in [1.165, 1.54) is 18.3 Å². The summed E-state index contributed by atoms with van der Waals surface area (Å²) in [5, 5.41) is 12.8. The highest BCUT2D eigenvalue weighted by atomic mass is 19.4. The van der Waals surface area contributed by atoms with Crippen molar-refractivity contribution in [3.63, 3.8) is 0 Å². The molecule has 1 aromatic carbocycles. The second-order valence-electron chi connectivity index (χ2n) is 8.36. The summed E-state index contributed by atoms with van der Waals surface area (Å²) in [6, 6.07) is 3.93. The molecule has 0 spiro atoms. The molecule has 2 unspecified atom stereocenters. The quantitative estimate of drug-likeness (QED) is 0.224. The smallest absolute Gasteiger partial charge is 0.344 e. The Morgan fingerprint density at radius 1 is 1.31 bits per heavy atom. The van der Waals surface area contributed by atoms with Gasteiger partial charge >= 0.3 is 6.18 Å². The first-order chi connectivity index (χ1) is 17.0. The van der Waals surface area contributed by atoms with E-state index in [1.54, 1.807) is 19.1 Å². The normalized spacial score (nSPS) is 16.0. The monoisotopic (exact) mass is 506 g/mol. The van der Waals surface area contributed by atoms with Crippen molar-refractivity contribution < 1.29 is 32.7 Å². The number of rotatable bonds is 10. The van der Waals surface area contributed by atoms with Gasteiger partial charge in [-0.15, -0.1) is 0 Å². The van der Waals surface area contributed by atoms with Crippen LogP contribution >= 0.6 is 0 Å². The molecule has 1 saturated carbocycles. The summed E-state index contributed by atoms with van der Waals surface area (Å²) in [7, 11) is 0. The van der Waals surface area contributed by atoms with E-state index in [9.17, 15) is 27.6 Å². The van der Waals surface area contributed by atoms with Gasteiger partial charge in [0.1, 0.15) is 11.9 Å². The lowest BCUT2D eigenvalue weighted by atomic mass is 10.0. The van der Waals surface area contributed by atoms with Crippen molar-refractivity contribution in [3.8, 4) is 11.1 Å². The summed E-state index contributed by atoms with van der Waals surface area (Å²) >= 11 is 0. The molecule has 36 heavy (non-hydrogen) atoms. The maximum atomic E-state index is 14.9. The molecule has 1 aliphatic carbocycles. The van der Waals surface area contributed by atoms with Crippen LogP contribution in [0.15, 0.2) is 66.2 Å². The number of aromatic nitrogens is 1. The van der Waals surface area contributed by atoms with Crippen LogP contribution in [0, 0.1) is 5.82 Å². The molecule has 0 aliphatic heterocycles. The summed E-state index contributed by atoms with van der Waals surface area (Å²) < 4.78 is 53.8. The molecule has 3 rings (SSSR count). The lowest BCUT2D eigenvalue weighted by molar-refractivity contribution is -1.13. The van der Waals surface area contributed by atoms with Gasteiger partial charge in [0.25, 0.3) is 5.91 Å². The van der Waals surface area contributed by atoms with Crippen LogP contribution in [0.25, 0.3) is 11.1 Å². The van der Waals surface area contributed by atoms with E-state index in [2.05, 4.69) is 27.3 Å². The summed E-state index contributed by atoms with van der Waals surface area (Å²) in [6.45, 7) is 7.38. The molecule has 1 fully saturated rings. The van der Waals surface area contributed by atoms with Crippen LogP contribution in [0.4, 0.5) is 17.6 Å². The van der Waals surface area contributed by atoms with Crippen molar-refractivity contribution in [2.75, 3.05) is 0 Å². The van der Waals surface area contributed by atoms with Crippen LogP contribution in [-0.2, 0) is 6.18 Å². The molecule has 192 valence electrons. The number of benzene rings is 1. The molecule has 1 aliphatic rings. The molecular weight excluding hydrogens is 478 g/mol. The molecule has 1 amide bonds. The summed E-state index contributed by atoms with van der Waals surface area (Å²) in [5.41, 5.74) is 2.19. The number of halogens is 4. The minimum absolute atomic E-state index is 0.0712. The Morgan fingerprint density at radius 2 is 2.03 bits per heavy atom. The average Bonchev–Trinajstić information content (AvgIpc) is 3.67. The molecule has 1 aromatic heterocycles. The van der Waals surface area contributed by atoms with Gasteiger partial charge in [0, 0.05) is 30.8 Å². The van der Waals surface area contributed by atoms with E-state index in [1.807, 2.05) is 6.92 Å². The lowest BCUT2D eigenvalue weighted by Crippen LogP contribution is -3.17. The number of quaternary nitrogens is 1. The SMILES string of the molecule is C=C(/N=C(\C=C/C)C(CC)NC(=O)c1ccc(-c2cncc(C(F)(F)F)c2)cc1F)N[NH+](O)C1CC1. The van der Waals surface area contributed by atoms with Gasteiger partial charge in [0.2, 0.25) is 0 Å². The first kappa shape index (κ1) is 27.0. The van der Waals surface area contributed by atoms with Crippen molar-refractivity contribution in [2.45, 2.75) is 51.4 Å². The Kier molecular flexibility index (Phi) is 8.59. The van der Waals surface area contributed by atoms with Crippen molar-refractivity contribution in [3.05, 3.63) is 78.2 Å².